The Balaban J connectivity index is 2.58. The molecule has 0 aliphatic carbocycles. The first-order chi connectivity index (χ1) is 8.81. The Morgan fingerprint density at radius 3 is 3.00 bits per heavy atom. The molecule has 0 unspecified atom stereocenters. The summed E-state index contributed by atoms with van der Waals surface area (Å²) in [5.74, 6) is 0.611. The van der Waals surface area contributed by atoms with E-state index in [9.17, 15) is 0 Å². The van der Waals surface area contributed by atoms with E-state index in [2.05, 4.69) is 11.4 Å². The van der Waals surface area contributed by atoms with Gasteiger partial charge in [-0.2, -0.15) is 5.26 Å². The van der Waals surface area contributed by atoms with E-state index >= 15 is 0 Å². The maximum atomic E-state index is 9.09. The minimum absolute atomic E-state index is 0.121. The van der Waals surface area contributed by atoms with E-state index in [4.69, 9.17) is 15.1 Å². The van der Waals surface area contributed by atoms with Gasteiger partial charge in [-0.15, -0.1) is 11.8 Å². The summed E-state index contributed by atoms with van der Waals surface area (Å²) in [5, 5.41) is 21.1. The predicted octanol–water partition coefficient (Wildman–Crippen LogP) is 1.38. The number of hydrogen-bond acceptors (Lipinski definition) is 5. The number of aliphatic hydroxyl groups is 1. The van der Waals surface area contributed by atoms with Gasteiger partial charge in [-0.25, -0.2) is 0 Å². The van der Waals surface area contributed by atoms with Crippen molar-refractivity contribution in [3.8, 4) is 6.07 Å². The summed E-state index contributed by atoms with van der Waals surface area (Å²) >= 11 is 1.50. The molecule has 0 aromatic heterocycles. The third-order valence-electron chi connectivity index (χ3n) is 2.33. The molecular formula is C13H18N2O2S. The highest BCUT2D eigenvalue weighted by molar-refractivity contribution is 7.99. The Morgan fingerprint density at radius 1 is 1.50 bits per heavy atom. The van der Waals surface area contributed by atoms with Crippen molar-refractivity contribution in [1.29, 1.82) is 5.26 Å². The quantitative estimate of drug-likeness (QED) is 0.550. The standard InChI is InChI=1S/C13H18N2O2S/c1-17-6-4-15-10-11-2-3-13(18-7-5-16)12(8-11)9-14/h2-3,8,15-16H,4-7,10H2,1H3. The highest BCUT2D eigenvalue weighted by Gasteiger charge is 2.04. The van der Waals surface area contributed by atoms with Gasteiger partial charge in [0.25, 0.3) is 0 Å². The van der Waals surface area contributed by atoms with Gasteiger partial charge in [0.1, 0.15) is 6.07 Å². The lowest BCUT2D eigenvalue weighted by Crippen LogP contribution is -2.18. The molecule has 1 rings (SSSR count). The van der Waals surface area contributed by atoms with E-state index < -0.39 is 0 Å². The van der Waals surface area contributed by atoms with E-state index in [1.807, 2.05) is 18.2 Å². The van der Waals surface area contributed by atoms with Crippen molar-refractivity contribution in [2.45, 2.75) is 11.4 Å². The van der Waals surface area contributed by atoms with Crippen LogP contribution in [-0.4, -0.2) is 37.7 Å². The molecule has 0 radical (unpaired) electrons. The lowest BCUT2D eigenvalue weighted by molar-refractivity contribution is 0.199. The van der Waals surface area contributed by atoms with Crippen molar-refractivity contribution in [3.05, 3.63) is 29.3 Å². The average molecular weight is 266 g/mol. The van der Waals surface area contributed by atoms with Crippen LogP contribution in [0.5, 0.6) is 0 Å². The molecule has 0 aliphatic heterocycles. The molecular weight excluding hydrogens is 248 g/mol. The highest BCUT2D eigenvalue weighted by Crippen LogP contribution is 2.23. The summed E-state index contributed by atoms with van der Waals surface area (Å²) in [6.45, 7) is 2.31. The number of hydrogen-bond donors (Lipinski definition) is 2. The van der Waals surface area contributed by atoms with E-state index in [1.165, 1.54) is 11.8 Å². The van der Waals surface area contributed by atoms with Crippen LogP contribution in [0.3, 0.4) is 0 Å². The molecule has 0 aliphatic rings. The second kappa shape index (κ2) is 8.95. The molecule has 0 saturated heterocycles. The number of aliphatic hydroxyl groups excluding tert-OH is 1. The van der Waals surface area contributed by atoms with Crippen LogP contribution in [0.15, 0.2) is 23.1 Å². The van der Waals surface area contributed by atoms with Crippen molar-refractivity contribution < 1.29 is 9.84 Å². The van der Waals surface area contributed by atoms with E-state index in [-0.39, 0.29) is 6.61 Å². The number of benzene rings is 1. The highest BCUT2D eigenvalue weighted by atomic mass is 32.2. The van der Waals surface area contributed by atoms with Crippen LogP contribution in [0.4, 0.5) is 0 Å². The van der Waals surface area contributed by atoms with Crippen molar-refractivity contribution in [2.75, 3.05) is 32.6 Å². The van der Waals surface area contributed by atoms with Crippen LogP contribution >= 0.6 is 11.8 Å². The molecule has 0 bridgehead atoms. The first-order valence-corrected chi connectivity index (χ1v) is 6.76. The third-order valence-corrected chi connectivity index (χ3v) is 3.38. The topological polar surface area (TPSA) is 65.3 Å². The fourth-order valence-corrected chi connectivity index (χ4v) is 2.20. The number of nitrogens with zero attached hydrogens (tertiary/aromatic N) is 1. The number of ether oxygens (including phenoxy) is 1. The van der Waals surface area contributed by atoms with Gasteiger partial charge < -0.3 is 15.2 Å². The van der Waals surface area contributed by atoms with Crippen LogP contribution in [0.1, 0.15) is 11.1 Å². The lowest BCUT2D eigenvalue weighted by Gasteiger charge is -2.07. The number of rotatable bonds is 8. The lowest BCUT2D eigenvalue weighted by atomic mass is 10.1. The summed E-state index contributed by atoms with van der Waals surface area (Å²) in [7, 11) is 1.67. The van der Waals surface area contributed by atoms with Crippen molar-refractivity contribution in [3.63, 3.8) is 0 Å². The number of nitrogens with one attached hydrogen (secondary N) is 1. The molecule has 0 heterocycles. The number of thioether (sulfide) groups is 1. The summed E-state index contributed by atoms with van der Waals surface area (Å²) < 4.78 is 4.95. The van der Waals surface area contributed by atoms with Gasteiger partial charge >= 0.3 is 0 Å². The molecule has 98 valence electrons. The molecule has 5 heteroatoms. The normalized spacial score (nSPS) is 10.3. The summed E-state index contributed by atoms with van der Waals surface area (Å²) in [4.78, 5) is 0.923. The van der Waals surface area contributed by atoms with Crippen molar-refractivity contribution in [1.82, 2.24) is 5.32 Å². The molecule has 0 saturated carbocycles. The van der Waals surface area contributed by atoms with Gasteiger partial charge in [0.2, 0.25) is 0 Å². The Bertz CT molecular complexity index is 404. The zero-order valence-corrected chi connectivity index (χ0v) is 11.3. The SMILES string of the molecule is COCCNCc1ccc(SCCO)c(C#N)c1. The molecule has 0 spiro atoms. The molecule has 0 amide bonds. The van der Waals surface area contributed by atoms with Gasteiger partial charge in [-0.05, 0) is 17.7 Å². The number of nitriles is 1. The summed E-state index contributed by atoms with van der Waals surface area (Å²) in [5.41, 5.74) is 1.75. The molecule has 0 fully saturated rings. The summed E-state index contributed by atoms with van der Waals surface area (Å²) in [6.07, 6.45) is 0. The van der Waals surface area contributed by atoms with Crippen LogP contribution in [0.2, 0.25) is 0 Å². The Labute approximate surface area is 112 Å². The Morgan fingerprint density at radius 2 is 2.33 bits per heavy atom. The second-order valence-electron chi connectivity index (χ2n) is 3.68. The molecule has 1 aromatic carbocycles. The van der Waals surface area contributed by atoms with Gasteiger partial charge in [-0.3, -0.25) is 0 Å². The second-order valence-corrected chi connectivity index (χ2v) is 4.82. The monoisotopic (exact) mass is 266 g/mol. The van der Waals surface area contributed by atoms with Crippen molar-refractivity contribution in [2.24, 2.45) is 0 Å². The molecule has 1 aromatic rings. The molecule has 0 atom stereocenters. The Kier molecular flexibility index (Phi) is 7.46. The van der Waals surface area contributed by atoms with Crippen molar-refractivity contribution >= 4 is 11.8 Å². The molecule has 18 heavy (non-hydrogen) atoms. The van der Waals surface area contributed by atoms with Gasteiger partial charge in [0.15, 0.2) is 0 Å². The van der Waals surface area contributed by atoms with E-state index in [0.717, 1.165) is 23.5 Å². The van der Waals surface area contributed by atoms with E-state index in [1.54, 1.807) is 7.11 Å². The van der Waals surface area contributed by atoms with E-state index in [0.29, 0.717) is 17.9 Å². The smallest absolute Gasteiger partial charge is 0.100 e. The zero-order chi connectivity index (χ0) is 13.2. The zero-order valence-electron chi connectivity index (χ0n) is 10.5. The fraction of sp³-hybridized carbons (Fsp3) is 0.462. The van der Waals surface area contributed by atoms with Crippen LogP contribution in [0.25, 0.3) is 0 Å². The largest absolute Gasteiger partial charge is 0.396 e. The minimum atomic E-state index is 0.121. The number of methoxy groups -OCH3 is 1. The van der Waals surface area contributed by atoms with Gasteiger partial charge in [0, 0.05) is 30.8 Å². The average Bonchev–Trinajstić information content (AvgIpc) is 2.41. The Hall–Kier alpha value is -1.06. The fourth-order valence-electron chi connectivity index (χ4n) is 1.46. The summed E-state index contributed by atoms with van der Waals surface area (Å²) in [6, 6.07) is 8.02. The maximum absolute atomic E-state index is 9.09. The van der Waals surface area contributed by atoms with Gasteiger partial charge in [0.05, 0.1) is 18.8 Å². The first-order valence-electron chi connectivity index (χ1n) is 5.78. The first kappa shape index (κ1) is 15.0. The van der Waals surface area contributed by atoms with Crippen LogP contribution in [-0.2, 0) is 11.3 Å². The third kappa shape index (κ3) is 5.07. The molecule has 2 N–H and O–H groups in total. The minimum Gasteiger partial charge on any atom is -0.396 e. The molecule has 4 nitrogen and oxygen atoms in total. The van der Waals surface area contributed by atoms with Crippen LogP contribution < -0.4 is 5.32 Å². The van der Waals surface area contributed by atoms with Gasteiger partial charge in [-0.1, -0.05) is 6.07 Å². The predicted molar refractivity (Wildman–Crippen MR) is 72.5 cm³/mol. The maximum Gasteiger partial charge on any atom is 0.100 e. The van der Waals surface area contributed by atoms with Crippen LogP contribution in [0, 0.1) is 11.3 Å².